The van der Waals surface area contributed by atoms with Gasteiger partial charge in [0.2, 0.25) is 0 Å². The van der Waals surface area contributed by atoms with Crippen molar-refractivity contribution in [2.45, 2.75) is 0 Å². The smallest absolute Gasteiger partial charge is 0.124 e. The molecule has 1 aliphatic rings. The average Bonchev–Trinajstić information content (AvgIpc) is 2.50. The van der Waals surface area contributed by atoms with E-state index in [2.05, 4.69) is 0 Å². The zero-order valence-corrected chi connectivity index (χ0v) is 6.92. The van der Waals surface area contributed by atoms with Crippen LogP contribution >= 0.6 is 0 Å². The van der Waals surface area contributed by atoms with Crippen LogP contribution in [0.4, 0.5) is 4.39 Å². The molecule has 0 saturated carbocycles. The van der Waals surface area contributed by atoms with Gasteiger partial charge in [0.1, 0.15) is 5.82 Å². The van der Waals surface area contributed by atoms with Crippen LogP contribution in [0.5, 0.6) is 0 Å². The topological polar surface area (TPSA) is 0 Å². The Balaban J connectivity index is 2.59. The van der Waals surface area contributed by atoms with E-state index in [1.807, 2.05) is 30.4 Å². The van der Waals surface area contributed by atoms with Crippen LogP contribution in [-0.2, 0) is 0 Å². The van der Waals surface area contributed by atoms with Gasteiger partial charge in [0, 0.05) is 0 Å². The van der Waals surface area contributed by atoms with Gasteiger partial charge < -0.3 is 0 Å². The number of hydrogen-bond acceptors (Lipinski definition) is 0. The number of rotatable bonds is 0. The summed E-state index contributed by atoms with van der Waals surface area (Å²) in [6.07, 6.45) is 3.98. The molecule has 0 spiro atoms. The van der Waals surface area contributed by atoms with E-state index in [1.165, 1.54) is 10.9 Å². The Kier molecular flexibility index (Phi) is 1.15. The fourth-order valence-electron chi connectivity index (χ4n) is 1.90. The van der Waals surface area contributed by atoms with E-state index in [0.29, 0.717) is 0 Å². The second-order valence-corrected chi connectivity index (χ2v) is 3.27. The summed E-state index contributed by atoms with van der Waals surface area (Å²) in [5, 5.41) is 2.15. The lowest BCUT2D eigenvalue weighted by molar-refractivity contribution is 0.629. The standard InChI is InChI=1S/C12H7F/c13-11-6-9-3-1-2-8-4-5-10(7-11)12(8)9/h1-7H. The Morgan fingerprint density at radius 1 is 0.923 bits per heavy atom. The molecule has 2 aromatic carbocycles. The molecular weight excluding hydrogens is 163 g/mol. The van der Waals surface area contributed by atoms with E-state index in [4.69, 9.17) is 0 Å². The monoisotopic (exact) mass is 170 g/mol. The minimum Gasteiger partial charge on any atom is -0.207 e. The van der Waals surface area contributed by atoms with Crippen LogP contribution in [-0.4, -0.2) is 0 Å². The van der Waals surface area contributed by atoms with Crippen molar-refractivity contribution in [2.24, 2.45) is 0 Å². The predicted molar refractivity (Wildman–Crippen MR) is 52.8 cm³/mol. The van der Waals surface area contributed by atoms with Crippen molar-refractivity contribution in [3.63, 3.8) is 0 Å². The first kappa shape index (κ1) is 6.84. The molecule has 1 heteroatoms. The van der Waals surface area contributed by atoms with Gasteiger partial charge in [-0.15, -0.1) is 0 Å². The van der Waals surface area contributed by atoms with Crippen molar-refractivity contribution in [1.82, 2.24) is 0 Å². The average molecular weight is 170 g/mol. The van der Waals surface area contributed by atoms with Gasteiger partial charge in [-0.3, -0.25) is 0 Å². The zero-order chi connectivity index (χ0) is 8.84. The molecule has 0 aromatic heterocycles. The first-order chi connectivity index (χ1) is 6.34. The largest absolute Gasteiger partial charge is 0.207 e. The van der Waals surface area contributed by atoms with Crippen LogP contribution in [0, 0.1) is 5.82 Å². The van der Waals surface area contributed by atoms with Crippen molar-refractivity contribution in [2.75, 3.05) is 0 Å². The molecule has 0 amide bonds. The van der Waals surface area contributed by atoms with Crippen molar-refractivity contribution in [3.8, 4) is 0 Å². The Morgan fingerprint density at radius 3 is 2.69 bits per heavy atom. The highest BCUT2D eigenvalue weighted by Crippen LogP contribution is 2.31. The third-order valence-electron chi connectivity index (χ3n) is 2.45. The number of halogens is 1. The minimum atomic E-state index is -0.161. The molecule has 0 fully saturated rings. The summed E-state index contributed by atoms with van der Waals surface area (Å²) in [5.41, 5.74) is 2.18. The highest BCUT2D eigenvalue weighted by molar-refractivity contribution is 6.04. The second-order valence-electron chi connectivity index (χ2n) is 3.27. The molecule has 0 bridgehead atoms. The summed E-state index contributed by atoms with van der Waals surface area (Å²) >= 11 is 0. The van der Waals surface area contributed by atoms with Crippen molar-refractivity contribution < 1.29 is 4.39 Å². The van der Waals surface area contributed by atoms with Gasteiger partial charge in [0.15, 0.2) is 0 Å². The molecule has 0 atom stereocenters. The van der Waals surface area contributed by atoms with Crippen LogP contribution < -0.4 is 0 Å². The first-order valence-corrected chi connectivity index (χ1v) is 4.25. The summed E-state index contributed by atoms with van der Waals surface area (Å²) in [5.74, 6) is -0.161. The minimum absolute atomic E-state index is 0.161. The molecule has 0 radical (unpaired) electrons. The molecule has 0 unspecified atom stereocenters. The van der Waals surface area contributed by atoms with Crippen LogP contribution in [0.2, 0.25) is 0 Å². The lowest BCUT2D eigenvalue weighted by Crippen LogP contribution is -1.81. The summed E-state index contributed by atoms with van der Waals surface area (Å²) in [4.78, 5) is 0. The van der Waals surface area contributed by atoms with Crippen LogP contribution in [0.15, 0.2) is 30.3 Å². The number of benzene rings is 2. The molecule has 0 nitrogen and oxygen atoms in total. The Hall–Kier alpha value is -1.63. The first-order valence-electron chi connectivity index (χ1n) is 4.25. The van der Waals surface area contributed by atoms with E-state index in [-0.39, 0.29) is 5.82 Å². The Morgan fingerprint density at radius 2 is 1.77 bits per heavy atom. The fourth-order valence-corrected chi connectivity index (χ4v) is 1.90. The van der Waals surface area contributed by atoms with Gasteiger partial charge in [-0.05, 0) is 34.0 Å². The van der Waals surface area contributed by atoms with Crippen LogP contribution in [0.25, 0.3) is 22.9 Å². The summed E-state index contributed by atoms with van der Waals surface area (Å²) in [7, 11) is 0. The van der Waals surface area contributed by atoms with Gasteiger partial charge >= 0.3 is 0 Å². The fraction of sp³-hybridized carbons (Fsp3) is 0. The van der Waals surface area contributed by atoms with E-state index in [9.17, 15) is 4.39 Å². The third kappa shape index (κ3) is 0.842. The van der Waals surface area contributed by atoms with Gasteiger partial charge in [0.05, 0.1) is 0 Å². The maximum Gasteiger partial charge on any atom is 0.124 e. The third-order valence-corrected chi connectivity index (χ3v) is 2.45. The van der Waals surface area contributed by atoms with Crippen molar-refractivity contribution in [3.05, 3.63) is 47.3 Å². The van der Waals surface area contributed by atoms with E-state index >= 15 is 0 Å². The molecule has 2 aromatic rings. The van der Waals surface area contributed by atoms with E-state index in [0.717, 1.165) is 10.9 Å². The summed E-state index contributed by atoms with van der Waals surface area (Å²) in [6.45, 7) is 0. The molecular formula is C12H7F. The van der Waals surface area contributed by atoms with E-state index in [1.54, 1.807) is 12.1 Å². The van der Waals surface area contributed by atoms with E-state index < -0.39 is 0 Å². The normalized spacial score (nSPS) is 12.7. The van der Waals surface area contributed by atoms with Gasteiger partial charge in [-0.2, -0.15) is 0 Å². The van der Waals surface area contributed by atoms with Gasteiger partial charge in [-0.1, -0.05) is 30.4 Å². The van der Waals surface area contributed by atoms with Gasteiger partial charge in [0.25, 0.3) is 0 Å². The van der Waals surface area contributed by atoms with Crippen LogP contribution in [0.1, 0.15) is 11.1 Å². The van der Waals surface area contributed by atoms with Crippen molar-refractivity contribution >= 4 is 22.9 Å². The molecule has 0 saturated heterocycles. The molecule has 1 aliphatic carbocycles. The number of hydrogen-bond donors (Lipinski definition) is 0. The lowest BCUT2D eigenvalue weighted by atomic mass is 10.0. The summed E-state index contributed by atoms with van der Waals surface area (Å²) < 4.78 is 13.1. The molecule has 0 N–H and O–H groups in total. The maximum absolute atomic E-state index is 13.1. The zero-order valence-electron chi connectivity index (χ0n) is 6.92. The second kappa shape index (κ2) is 2.19. The lowest BCUT2D eigenvalue weighted by Gasteiger charge is -2.01. The molecule has 0 aliphatic heterocycles. The SMILES string of the molecule is Fc1cc2c3c(cccc3c1)C=C2. The molecule has 0 heterocycles. The molecule has 3 rings (SSSR count). The quantitative estimate of drug-likeness (QED) is 0.484. The maximum atomic E-state index is 13.1. The van der Waals surface area contributed by atoms with Gasteiger partial charge in [-0.25, -0.2) is 4.39 Å². The molecule has 13 heavy (non-hydrogen) atoms. The van der Waals surface area contributed by atoms with Crippen molar-refractivity contribution in [1.29, 1.82) is 0 Å². The Bertz CT molecular complexity index is 524. The van der Waals surface area contributed by atoms with Crippen LogP contribution in [0.3, 0.4) is 0 Å². The molecule has 62 valence electrons. The Labute approximate surface area is 75.3 Å². The predicted octanol–water partition coefficient (Wildman–Crippen LogP) is 3.46. The summed E-state index contributed by atoms with van der Waals surface area (Å²) in [6, 6.07) is 9.10. The highest BCUT2D eigenvalue weighted by atomic mass is 19.1. The highest BCUT2D eigenvalue weighted by Gasteiger charge is 2.09.